The number of imide groups is 2. The number of rotatable bonds is 4. The fourth-order valence-corrected chi connectivity index (χ4v) is 9.59. The van der Waals surface area contributed by atoms with Gasteiger partial charge in [0.05, 0.1) is 40.0 Å². The number of benzene rings is 2. The number of pyridine rings is 1. The number of aromatic hydroxyl groups is 1. The Morgan fingerprint density at radius 3 is 2.35 bits per heavy atom. The standard InChI is InChI=1S/C39H33Cl2F3N4O6/c1-37(2,3)47-33(50)25-10-9-24-26(30(25)35(47)52)15-27-34(51)48(46-32-28(41)14-21(16-45-32)39(42,43)44)36(53)38(27,20-4-6-22(40)7-5-20)31(24)19-12-18-13-23(49)8-11-29(18)54-17-19/h4-9,11,13-14,16-17,25-27,30-31,49H,10,12,15H2,1-3H3,(H,45,46). The zero-order valence-electron chi connectivity index (χ0n) is 29.1. The number of halogens is 5. The van der Waals surface area contributed by atoms with E-state index in [0.717, 1.165) is 5.01 Å². The molecule has 6 unspecified atom stereocenters. The quantitative estimate of drug-likeness (QED) is 0.209. The molecule has 0 radical (unpaired) electrons. The number of fused-ring (bicyclic) bond motifs is 5. The second-order valence-corrected chi connectivity index (χ2v) is 16.2. The molecule has 2 N–H and O–H groups in total. The molecule has 4 heterocycles. The van der Waals surface area contributed by atoms with Crippen LogP contribution in [0.15, 0.2) is 78.2 Å². The number of phenolic OH excluding ortho intramolecular Hbond substituents is 1. The van der Waals surface area contributed by atoms with Crippen molar-refractivity contribution in [1.29, 1.82) is 0 Å². The lowest BCUT2D eigenvalue weighted by Gasteiger charge is -2.51. The van der Waals surface area contributed by atoms with Gasteiger partial charge in [0.15, 0.2) is 5.82 Å². The highest BCUT2D eigenvalue weighted by molar-refractivity contribution is 6.33. The van der Waals surface area contributed by atoms with E-state index < -0.39 is 69.1 Å². The summed E-state index contributed by atoms with van der Waals surface area (Å²) in [5, 5.41) is 11.0. The fourth-order valence-electron chi connectivity index (χ4n) is 9.26. The normalized spacial score (nSPS) is 27.8. The van der Waals surface area contributed by atoms with Crippen molar-refractivity contribution in [1.82, 2.24) is 14.9 Å². The number of hydrogen-bond acceptors (Lipinski definition) is 8. The van der Waals surface area contributed by atoms with Crippen molar-refractivity contribution < 1.29 is 42.2 Å². The minimum atomic E-state index is -4.75. The van der Waals surface area contributed by atoms with Crippen LogP contribution >= 0.6 is 23.2 Å². The topological polar surface area (TPSA) is 129 Å². The number of nitrogens with zero attached hydrogens (tertiary/aromatic N) is 3. The molecular weight excluding hydrogens is 748 g/mol. The molecule has 1 aromatic heterocycles. The molecule has 280 valence electrons. The van der Waals surface area contributed by atoms with Crippen molar-refractivity contribution in [2.45, 2.75) is 57.2 Å². The maximum absolute atomic E-state index is 15.3. The van der Waals surface area contributed by atoms with E-state index in [1.165, 1.54) is 17.2 Å². The summed E-state index contributed by atoms with van der Waals surface area (Å²) in [7, 11) is 0. The summed E-state index contributed by atoms with van der Waals surface area (Å²) < 4.78 is 46.5. The van der Waals surface area contributed by atoms with Crippen LogP contribution in [-0.4, -0.2) is 49.2 Å². The second-order valence-electron chi connectivity index (χ2n) is 15.4. The predicted molar refractivity (Wildman–Crippen MR) is 190 cm³/mol. The fraction of sp³-hybridized carbons (Fsp3) is 0.359. The summed E-state index contributed by atoms with van der Waals surface area (Å²) in [4.78, 5) is 63.5. The number of ether oxygens (including phenoxy) is 1. The average Bonchev–Trinajstić information content (AvgIpc) is 3.49. The average molecular weight is 782 g/mol. The lowest BCUT2D eigenvalue weighted by Crippen LogP contribution is -2.55. The molecule has 5 aliphatic rings. The van der Waals surface area contributed by atoms with Gasteiger partial charge in [0.2, 0.25) is 11.8 Å². The number of phenols is 1. The minimum Gasteiger partial charge on any atom is -0.508 e. The molecule has 2 saturated heterocycles. The predicted octanol–water partition coefficient (Wildman–Crippen LogP) is 7.25. The lowest BCUT2D eigenvalue weighted by atomic mass is 9.48. The minimum absolute atomic E-state index is 0.00837. The van der Waals surface area contributed by atoms with E-state index >= 15 is 4.79 Å². The molecule has 1 saturated carbocycles. The summed E-state index contributed by atoms with van der Waals surface area (Å²) >= 11 is 12.6. The Labute approximate surface area is 317 Å². The highest BCUT2D eigenvalue weighted by Crippen LogP contribution is 2.63. The number of aromatic nitrogens is 1. The summed E-state index contributed by atoms with van der Waals surface area (Å²) in [6.45, 7) is 5.34. The van der Waals surface area contributed by atoms with E-state index in [9.17, 15) is 32.7 Å². The van der Waals surface area contributed by atoms with Gasteiger partial charge >= 0.3 is 6.18 Å². The molecule has 2 aromatic carbocycles. The molecule has 0 spiro atoms. The van der Waals surface area contributed by atoms with Crippen LogP contribution in [0.4, 0.5) is 19.0 Å². The van der Waals surface area contributed by atoms with Crippen LogP contribution in [0.1, 0.15) is 50.3 Å². The number of hydrazine groups is 1. The number of allylic oxidation sites excluding steroid dienone is 3. The van der Waals surface area contributed by atoms with Crippen LogP contribution in [0.2, 0.25) is 10.0 Å². The van der Waals surface area contributed by atoms with Crippen LogP contribution in [0.3, 0.4) is 0 Å². The molecule has 8 rings (SSSR count). The number of carbonyl (C=O) groups excluding carboxylic acids is 4. The van der Waals surface area contributed by atoms with Crippen molar-refractivity contribution in [2.75, 3.05) is 5.43 Å². The maximum atomic E-state index is 15.3. The van der Waals surface area contributed by atoms with Crippen LogP contribution in [0, 0.1) is 29.6 Å². The molecule has 3 fully saturated rings. The van der Waals surface area contributed by atoms with E-state index in [0.29, 0.717) is 45.3 Å². The van der Waals surface area contributed by atoms with Crippen molar-refractivity contribution in [2.24, 2.45) is 29.6 Å². The molecule has 10 nitrogen and oxygen atoms in total. The zero-order valence-corrected chi connectivity index (χ0v) is 30.6. The molecule has 0 bridgehead atoms. The number of amides is 4. The summed E-state index contributed by atoms with van der Waals surface area (Å²) in [5.41, 5.74) is 1.28. The molecular formula is C39H33Cl2F3N4O6. The first-order chi connectivity index (χ1) is 25.4. The van der Waals surface area contributed by atoms with E-state index in [1.807, 2.05) is 6.08 Å². The molecule has 3 aromatic rings. The molecule has 15 heteroatoms. The van der Waals surface area contributed by atoms with E-state index in [2.05, 4.69) is 10.4 Å². The Bertz CT molecular complexity index is 2220. The van der Waals surface area contributed by atoms with Crippen molar-refractivity contribution in [3.63, 3.8) is 0 Å². The van der Waals surface area contributed by atoms with Gasteiger partial charge in [-0.05, 0) is 87.1 Å². The number of hydrogen-bond donors (Lipinski definition) is 2. The Kier molecular flexibility index (Phi) is 8.24. The Hall–Kier alpha value is -4.88. The van der Waals surface area contributed by atoms with Crippen LogP contribution in [0.5, 0.6) is 11.5 Å². The van der Waals surface area contributed by atoms with Gasteiger partial charge in [-0.15, -0.1) is 0 Å². The largest absolute Gasteiger partial charge is 0.508 e. The van der Waals surface area contributed by atoms with Gasteiger partial charge in [-0.25, -0.2) is 4.98 Å². The van der Waals surface area contributed by atoms with Gasteiger partial charge in [0, 0.05) is 34.7 Å². The van der Waals surface area contributed by atoms with Gasteiger partial charge in [0.1, 0.15) is 11.5 Å². The number of likely N-dealkylation sites (tertiary alicyclic amines) is 1. The third-order valence-electron chi connectivity index (χ3n) is 11.4. The zero-order chi connectivity index (χ0) is 38.6. The Morgan fingerprint density at radius 1 is 0.963 bits per heavy atom. The number of carbonyl (C=O) groups is 4. The summed E-state index contributed by atoms with van der Waals surface area (Å²) in [5.74, 6) is -6.24. The maximum Gasteiger partial charge on any atom is 0.417 e. The molecule has 3 aliphatic heterocycles. The van der Waals surface area contributed by atoms with Gasteiger partial charge in [-0.2, -0.15) is 18.2 Å². The van der Waals surface area contributed by atoms with Crippen molar-refractivity contribution >= 4 is 52.6 Å². The van der Waals surface area contributed by atoms with Gasteiger partial charge < -0.3 is 9.84 Å². The first-order valence-electron chi connectivity index (χ1n) is 17.3. The number of nitrogens with one attached hydrogen (secondary N) is 1. The summed E-state index contributed by atoms with van der Waals surface area (Å²) in [6.07, 6.45) is -0.370. The lowest BCUT2D eigenvalue weighted by molar-refractivity contribution is -0.146. The SMILES string of the molecule is CC(C)(C)N1C(=O)C2CC=C3C(CC4C(=O)N(Nc5ncc(C(F)(F)F)cc5Cl)C(=O)C4(c4ccc(Cl)cc4)C3C3=COc4ccc(O)cc4C3)C2C1=O. The second kappa shape index (κ2) is 12.3. The number of anilines is 1. The highest BCUT2D eigenvalue weighted by atomic mass is 35.5. The van der Waals surface area contributed by atoms with Crippen molar-refractivity contribution in [3.8, 4) is 11.5 Å². The van der Waals surface area contributed by atoms with Gasteiger partial charge in [-0.1, -0.05) is 47.0 Å². The Balaban J connectivity index is 1.32. The molecule has 54 heavy (non-hydrogen) atoms. The van der Waals surface area contributed by atoms with Crippen LogP contribution in [0.25, 0.3) is 0 Å². The first kappa shape index (κ1) is 36.1. The van der Waals surface area contributed by atoms with E-state index in [1.54, 1.807) is 57.2 Å². The van der Waals surface area contributed by atoms with Crippen LogP contribution < -0.4 is 10.2 Å². The monoisotopic (exact) mass is 780 g/mol. The van der Waals surface area contributed by atoms with E-state index in [-0.39, 0.29) is 42.6 Å². The highest BCUT2D eigenvalue weighted by Gasteiger charge is 2.71. The molecule has 2 aliphatic carbocycles. The van der Waals surface area contributed by atoms with Gasteiger partial charge in [0.25, 0.3) is 11.8 Å². The molecule has 6 atom stereocenters. The number of alkyl halides is 3. The van der Waals surface area contributed by atoms with E-state index in [4.69, 9.17) is 27.9 Å². The molecule has 4 amide bonds. The summed E-state index contributed by atoms with van der Waals surface area (Å²) in [6, 6.07) is 11.8. The van der Waals surface area contributed by atoms with Gasteiger partial charge in [-0.3, -0.25) is 29.5 Å². The third kappa shape index (κ3) is 5.33. The smallest absolute Gasteiger partial charge is 0.417 e. The first-order valence-corrected chi connectivity index (χ1v) is 18.1. The van der Waals surface area contributed by atoms with Crippen molar-refractivity contribution in [3.05, 3.63) is 105 Å². The Morgan fingerprint density at radius 2 is 1.69 bits per heavy atom. The van der Waals surface area contributed by atoms with Crippen LogP contribution in [-0.2, 0) is 37.2 Å². The third-order valence-corrected chi connectivity index (χ3v) is 11.9.